The van der Waals surface area contributed by atoms with Crippen LogP contribution in [-0.4, -0.2) is 46.4 Å². The summed E-state index contributed by atoms with van der Waals surface area (Å²) < 4.78 is 0. The monoisotopic (exact) mass is 385 g/mol. The summed E-state index contributed by atoms with van der Waals surface area (Å²) in [4.78, 5) is 61.4. The number of hydrogen-bond donors (Lipinski definition) is 2. The van der Waals surface area contributed by atoms with Crippen LogP contribution < -0.4 is 10.6 Å². The van der Waals surface area contributed by atoms with Gasteiger partial charge in [0.2, 0.25) is 11.8 Å². The van der Waals surface area contributed by atoms with E-state index in [4.69, 9.17) is 0 Å². The number of carbonyl (C=O) groups excluding carboxylic acids is 5. The molecule has 2 atom stereocenters. The first-order valence-corrected chi connectivity index (χ1v) is 9.22. The lowest BCUT2D eigenvalue weighted by Crippen LogP contribution is -2.54. The van der Waals surface area contributed by atoms with Gasteiger partial charge in [-0.1, -0.05) is 13.0 Å². The van der Waals surface area contributed by atoms with Crippen LogP contribution in [0.1, 0.15) is 60.7 Å². The number of nitrogens with one attached hydrogen (secondary N) is 2. The maximum absolute atomic E-state index is 13.1. The molecule has 0 spiro atoms. The fraction of sp³-hybridized carbons (Fsp3) is 0.450. The van der Waals surface area contributed by atoms with Gasteiger partial charge in [-0.15, -0.1) is 0 Å². The number of anilines is 1. The molecule has 0 bridgehead atoms. The second kappa shape index (κ2) is 7.18. The average Bonchev–Trinajstić information content (AvgIpc) is 2.86. The van der Waals surface area contributed by atoms with E-state index in [0.29, 0.717) is 12.1 Å². The van der Waals surface area contributed by atoms with Crippen molar-refractivity contribution < 1.29 is 24.0 Å². The van der Waals surface area contributed by atoms with Crippen LogP contribution in [-0.2, 0) is 14.4 Å². The molecule has 28 heavy (non-hydrogen) atoms. The van der Waals surface area contributed by atoms with E-state index in [2.05, 4.69) is 10.6 Å². The SMILES string of the molecule is CC(C=O)CC(C)(C)Nc1cccc2c1C(=O)N(C1CCC(=O)NC1=O)C2=O. The van der Waals surface area contributed by atoms with Gasteiger partial charge in [0.1, 0.15) is 12.3 Å². The molecule has 2 N–H and O–H groups in total. The predicted molar refractivity (Wildman–Crippen MR) is 101 cm³/mol. The van der Waals surface area contributed by atoms with Gasteiger partial charge in [0.05, 0.1) is 11.1 Å². The van der Waals surface area contributed by atoms with E-state index in [1.165, 1.54) is 0 Å². The van der Waals surface area contributed by atoms with Gasteiger partial charge in [0, 0.05) is 23.6 Å². The molecule has 0 radical (unpaired) electrons. The van der Waals surface area contributed by atoms with Crippen molar-refractivity contribution in [2.45, 2.75) is 51.6 Å². The maximum Gasteiger partial charge on any atom is 0.264 e. The van der Waals surface area contributed by atoms with Gasteiger partial charge in [0.25, 0.3) is 11.8 Å². The molecule has 148 valence electrons. The zero-order valence-corrected chi connectivity index (χ0v) is 16.1. The molecule has 1 aromatic rings. The molecule has 1 fully saturated rings. The zero-order valence-electron chi connectivity index (χ0n) is 16.1. The minimum absolute atomic E-state index is 0.0749. The van der Waals surface area contributed by atoms with E-state index >= 15 is 0 Å². The van der Waals surface area contributed by atoms with E-state index in [1.54, 1.807) is 18.2 Å². The molecular weight excluding hydrogens is 362 g/mol. The van der Waals surface area contributed by atoms with Crippen molar-refractivity contribution in [2.24, 2.45) is 5.92 Å². The summed E-state index contributed by atoms with van der Waals surface area (Å²) in [6, 6.07) is 3.92. The van der Waals surface area contributed by atoms with Crippen LogP contribution in [0.3, 0.4) is 0 Å². The molecular formula is C20H23N3O5. The van der Waals surface area contributed by atoms with Crippen LogP contribution in [0.4, 0.5) is 5.69 Å². The minimum atomic E-state index is -0.999. The summed E-state index contributed by atoms with van der Waals surface area (Å²) in [6.07, 6.45) is 1.60. The predicted octanol–water partition coefficient (Wildman–Crippen LogP) is 1.50. The molecule has 2 aliphatic rings. The normalized spacial score (nSPS) is 20.7. The highest BCUT2D eigenvalue weighted by molar-refractivity contribution is 6.25. The Hall–Kier alpha value is -3.03. The number of nitrogens with zero attached hydrogens (tertiary/aromatic N) is 1. The molecule has 1 aromatic carbocycles. The first kappa shape index (κ1) is 19.7. The van der Waals surface area contributed by atoms with Crippen molar-refractivity contribution >= 4 is 35.6 Å². The number of carbonyl (C=O) groups is 5. The molecule has 3 rings (SSSR count). The first-order chi connectivity index (χ1) is 13.1. The summed E-state index contributed by atoms with van der Waals surface area (Å²) in [5, 5.41) is 5.45. The van der Waals surface area contributed by atoms with Crippen molar-refractivity contribution in [1.82, 2.24) is 10.2 Å². The third-order valence-electron chi connectivity index (χ3n) is 5.01. The number of hydrogen-bond acceptors (Lipinski definition) is 6. The second-order valence-electron chi connectivity index (χ2n) is 8.00. The number of rotatable bonds is 6. The highest BCUT2D eigenvalue weighted by atomic mass is 16.2. The Kier molecular flexibility index (Phi) is 5.06. The van der Waals surface area contributed by atoms with Gasteiger partial charge < -0.3 is 10.1 Å². The number of amides is 4. The van der Waals surface area contributed by atoms with Gasteiger partial charge in [-0.25, -0.2) is 0 Å². The largest absolute Gasteiger partial charge is 0.379 e. The Morgan fingerprint density at radius 3 is 2.61 bits per heavy atom. The van der Waals surface area contributed by atoms with Gasteiger partial charge in [-0.2, -0.15) is 0 Å². The number of aldehydes is 1. The molecule has 2 aliphatic heterocycles. The van der Waals surface area contributed by atoms with E-state index in [0.717, 1.165) is 11.2 Å². The molecule has 8 heteroatoms. The minimum Gasteiger partial charge on any atom is -0.379 e. The number of benzene rings is 1. The summed E-state index contributed by atoms with van der Waals surface area (Å²) in [5.41, 5.74) is 0.414. The van der Waals surface area contributed by atoms with Gasteiger partial charge in [-0.3, -0.25) is 29.4 Å². The van der Waals surface area contributed by atoms with Crippen molar-refractivity contribution in [2.75, 3.05) is 5.32 Å². The molecule has 1 saturated heterocycles. The van der Waals surface area contributed by atoms with E-state index in [-0.39, 0.29) is 29.9 Å². The lowest BCUT2D eigenvalue weighted by Gasteiger charge is -2.30. The van der Waals surface area contributed by atoms with Crippen LogP contribution in [0.2, 0.25) is 0 Å². The summed E-state index contributed by atoms with van der Waals surface area (Å²) in [6.45, 7) is 5.63. The standard InChI is InChI=1S/C20H23N3O5/c1-11(10-24)9-20(2,3)22-13-6-4-5-12-16(13)19(28)23(18(12)27)14-7-8-15(25)21-17(14)26/h4-6,10-11,14,22H,7-9H2,1-3H3,(H,21,25,26). The zero-order chi connectivity index (χ0) is 20.6. The number of imide groups is 2. The summed E-state index contributed by atoms with van der Waals surface area (Å²) in [7, 11) is 0. The Balaban J connectivity index is 1.91. The Morgan fingerprint density at radius 2 is 1.96 bits per heavy atom. The van der Waals surface area contributed by atoms with Crippen molar-refractivity contribution in [3.05, 3.63) is 29.3 Å². The Labute approximate surface area is 162 Å². The second-order valence-corrected chi connectivity index (χ2v) is 8.00. The summed E-state index contributed by atoms with van der Waals surface area (Å²) >= 11 is 0. The van der Waals surface area contributed by atoms with Gasteiger partial charge in [-0.05, 0) is 38.8 Å². The smallest absolute Gasteiger partial charge is 0.264 e. The van der Waals surface area contributed by atoms with Crippen molar-refractivity contribution in [1.29, 1.82) is 0 Å². The quantitative estimate of drug-likeness (QED) is 0.567. The molecule has 2 unspecified atom stereocenters. The average molecular weight is 385 g/mol. The van der Waals surface area contributed by atoms with Crippen LogP contribution >= 0.6 is 0 Å². The summed E-state index contributed by atoms with van der Waals surface area (Å²) in [5.74, 6) is -2.32. The van der Waals surface area contributed by atoms with Crippen LogP contribution in [0.15, 0.2) is 18.2 Å². The lowest BCUT2D eigenvalue weighted by atomic mass is 9.91. The molecule has 0 aromatic heterocycles. The van der Waals surface area contributed by atoms with Crippen LogP contribution in [0, 0.1) is 5.92 Å². The molecule has 0 saturated carbocycles. The van der Waals surface area contributed by atoms with Crippen molar-refractivity contribution in [3.8, 4) is 0 Å². The third kappa shape index (κ3) is 3.54. The lowest BCUT2D eigenvalue weighted by molar-refractivity contribution is -0.136. The molecule has 0 aliphatic carbocycles. The maximum atomic E-state index is 13.1. The fourth-order valence-electron chi connectivity index (χ4n) is 3.89. The number of fused-ring (bicyclic) bond motifs is 1. The Bertz CT molecular complexity index is 877. The first-order valence-electron chi connectivity index (χ1n) is 9.22. The molecule has 4 amide bonds. The third-order valence-corrected chi connectivity index (χ3v) is 5.01. The van der Waals surface area contributed by atoms with E-state index in [1.807, 2.05) is 20.8 Å². The van der Waals surface area contributed by atoms with Crippen molar-refractivity contribution in [3.63, 3.8) is 0 Å². The topological polar surface area (TPSA) is 113 Å². The highest BCUT2D eigenvalue weighted by Gasteiger charge is 2.45. The van der Waals surface area contributed by atoms with Crippen LogP contribution in [0.25, 0.3) is 0 Å². The van der Waals surface area contributed by atoms with Crippen LogP contribution in [0.5, 0.6) is 0 Å². The van der Waals surface area contributed by atoms with E-state index in [9.17, 15) is 24.0 Å². The number of piperidine rings is 1. The van der Waals surface area contributed by atoms with Gasteiger partial charge >= 0.3 is 0 Å². The molecule has 2 heterocycles. The molecule has 8 nitrogen and oxygen atoms in total. The Morgan fingerprint density at radius 1 is 1.25 bits per heavy atom. The highest BCUT2D eigenvalue weighted by Crippen LogP contribution is 2.34. The van der Waals surface area contributed by atoms with E-state index < -0.39 is 35.2 Å². The fourth-order valence-corrected chi connectivity index (χ4v) is 3.89. The van der Waals surface area contributed by atoms with Gasteiger partial charge in [0.15, 0.2) is 0 Å².